The first-order valence-electron chi connectivity index (χ1n) is 8.99. The second-order valence-corrected chi connectivity index (χ2v) is 6.90. The van der Waals surface area contributed by atoms with Crippen molar-refractivity contribution in [1.82, 2.24) is 5.32 Å². The van der Waals surface area contributed by atoms with Crippen molar-refractivity contribution in [3.05, 3.63) is 77.1 Å². The molecule has 2 atom stereocenters. The number of amides is 1. The number of carbonyl (C=O) groups excluding carboxylic acids is 1. The van der Waals surface area contributed by atoms with Gasteiger partial charge in [0.1, 0.15) is 11.9 Å². The third-order valence-electron chi connectivity index (χ3n) is 4.33. The van der Waals surface area contributed by atoms with E-state index in [0.29, 0.717) is 16.4 Å². The number of nitrogens with zero attached hydrogens (tertiary/aromatic N) is 2. The summed E-state index contributed by atoms with van der Waals surface area (Å²) in [5, 5.41) is 18.8. The molecule has 3 rings (SSSR count). The van der Waals surface area contributed by atoms with E-state index in [0.717, 1.165) is 5.56 Å². The van der Waals surface area contributed by atoms with Crippen molar-refractivity contribution in [1.29, 1.82) is 0 Å². The van der Waals surface area contributed by atoms with Gasteiger partial charge in [-0.15, -0.1) is 0 Å². The molecule has 1 unspecified atom stereocenters. The molecule has 1 aliphatic heterocycles. The van der Waals surface area contributed by atoms with E-state index in [4.69, 9.17) is 16.3 Å². The summed E-state index contributed by atoms with van der Waals surface area (Å²) in [6.45, 7) is -0.104. The van der Waals surface area contributed by atoms with Crippen LogP contribution in [0.15, 0.2) is 65.8 Å². The number of methoxy groups -OCH3 is 1. The number of nitrogens with one attached hydrogen (secondary N) is 1. The summed E-state index contributed by atoms with van der Waals surface area (Å²) in [5.74, 6) is -0.826. The summed E-state index contributed by atoms with van der Waals surface area (Å²) >= 11 is 5.95. The summed E-state index contributed by atoms with van der Waals surface area (Å²) in [7, 11) is 1.48. The highest BCUT2D eigenvalue weighted by atomic mass is 35.5. The number of anilines is 1. The molecule has 0 saturated carbocycles. The molecule has 6 nitrogen and oxygen atoms in total. The summed E-state index contributed by atoms with van der Waals surface area (Å²) in [4.78, 5) is 12.8. The monoisotopic (exact) mass is 417 g/mol. The zero-order valence-electron chi connectivity index (χ0n) is 15.8. The van der Waals surface area contributed by atoms with Gasteiger partial charge in [-0.25, -0.2) is 9.40 Å². The zero-order valence-corrected chi connectivity index (χ0v) is 16.5. The minimum atomic E-state index is -0.821. The molecule has 2 aromatic carbocycles. The van der Waals surface area contributed by atoms with Gasteiger partial charge >= 0.3 is 0 Å². The Hall–Kier alpha value is -2.74. The highest BCUT2D eigenvalue weighted by Gasteiger charge is 2.29. The van der Waals surface area contributed by atoms with Crippen molar-refractivity contribution in [3.63, 3.8) is 0 Å². The van der Waals surface area contributed by atoms with Crippen LogP contribution >= 0.6 is 11.6 Å². The van der Waals surface area contributed by atoms with Crippen molar-refractivity contribution >= 4 is 28.9 Å². The maximum Gasteiger partial charge on any atom is 0.249 e. The molecule has 29 heavy (non-hydrogen) atoms. The van der Waals surface area contributed by atoms with E-state index >= 15 is 0 Å². The van der Waals surface area contributed by atoms with Gasteiger partial charge in [0.25, 0.3) is 0 Å². The van der Waals surface area contributed by atoms with Crippen LogP contribution < -0.4 is 10.3 Å². The molecule has 1 amide bonds. The van der Waals surface area contributed by atoms with Gasteiger partial charge in [-0.3, -0.25) is 4.79 Å². The van der Waals surface area contributed by atoms with E-state index < -0.39 is 17.9 Å². The highest BCUT2D eigenvalue weighted by molar-refractivity contribution is 6.30. The number of hydrogen-bond acceptors (Lipinski definition) is 5. The predicted molar refractivity (Wildman–Crippen MR) is 111 cm³/mol. The first kappa shape index (κ1) is 21.0. The van der Waals surface area contributed by atoms with Crippen LogP contribution in [0.2, 0.25) is 5.02 Å². The maximum absolute atomic E-state index is 13.8. The van der Waals surface area contributed by atoms with E-state index in [1.807, 2.05) is 12.1 Å². The van der Waals surface area contributed by atoms with Crippen molar-refractivity contribution in [3.8, 4) is 0 Å². The van der Waals surface area contributed by atoms with E-state index in [1.165, 1.54) is 24.3 Å². The molecular formula is C21H21ClFN3O3. The quantitative estimate of drug-likeness (QED) is 0.726. The molecule has 0 bridgehead atoms. The SMILES string of the molecule is COC[C@H](CO)NC(=O)C1C=CC(c2ccc(Cl)cc2)=NN1c1cccc(F)c1. The highest BCUT2D eigenvalue weighted by Crippen LogP contribution is 2.24. The third-order valence-corrected chi connectivity index (χ3v) is 4.58. The molecule has 2 aromatic rings. The van der Waals surface area contributed by atoms with Crippen LogP contribution in [0.1, 0.15) is 5.56 Å². The molecule has 0 aromatic heterocycles. The summed E-state index contributed by atoms with van der Waals surface area (Å²) in [6.07, 6.45) is 3.41. The molecule has 0 saturated heterocycles. The molecular weight excluding hydrogens is 397 g/mol. The number of hydrogen-bond donors (Lipinski definition) is 2. The lowest BCUT2D eigenvalue weighted by Gasteiger charge is -2.31. The summed E-state index contributed by atoms with van der Waals surface area (Å²) in [6, 6.07) is 11.6. The second-order valence-electron chi connectivity index (χ2n) is 6.46. The number of allylic oxidation sites excluding steroid dienone is 1. The normalized spacial score (nSPS) is 17.0. The van der Waals surface area contributed by atoms with E-state index in [9.17, 15) is 14.3 Å². The summed E-state index contributed by atoms with van der Waals surface area (Å²) in [5.41, 5.74) is 1.83. The molecule has 1 heterocycles. The van der Waals surface area contributed by atoms with Crippen molar-refractivity contribution in [2.45, 2.75) is 12.1 Å². The number of carbonyl (C=O) groups is 1. The van der Waals surface area contributed by atoms with Gasteiger partial charge < -0.3 is 15.2 Å². The molecule has 0 fully saturated rings. The fraction of sp³-hybridized carbons (Fsp3) is 0.238. The first-order valence-corrected chi connectivity index (χ1v) is 9.37. The number of benzene rings is 2. The topological polar surface area (TPSA) is 74.2 Å². The fourth-order valence-corrected chi connectivity index (χ4v) is 3.04. The number of halogens is 2. The molecule has 8 heteroatoms. The number of aliphatic hydroxyl groups excluding tert-OH is 1. The van der Waals surface area contributed by atoms with Crippen molar-refractivity contribution < 1.29 is 19.0 Å². The molecule has 0 aliphatic carbocycles. The Labute approximate surface area is 173 Å². The lowest BCUT2D eigenvalue weighted by molar-refractivity contribution is -0.122. The van der Waals surface area contributed by atoms with Gasteiger partial charge in [-0.2, -0.15) is 5.10 Å². The molecule has 1 aliphatic rings. The van der Waals surface area contributed by atoms with Crippen LogP contribution in [0.4, 0.5) is 10.1 Å². The number of hydrazone groups is 1. The lowest BCUT2D eigenvalue weighted by Crippen LogP contribution is -2.50. The van der Waals surface area contributed by atoms with Gasteiger partial charge in [-0.1, -0.05) is 29.8 Å². The van der Waals surface area contributed by atoms with E-state index in [1.54, 1.807) is 36.4 Å². The predicted octanol–water partition coefficient (Wildman–Crippen LogP) is 2.75. The third kappa shape index (κ3) is 5.20. The minimum Gasteiger partial charge on any atom is -0.394 e. The van der Waals surface area contributed by atoms with Crippen molar-refractivity contribution in [2.75, 3.05) is 25.3 Å². The number of aliphatic hydroxyl groups is 1. The van der Waals surface area contributed by atoms with Crippen LogP contribution in [0.5, 0.6) is 0 Å². The van der Waals surface area contributed by atoms with Gasteiger partial charge in [-0.05, 0) is 42.5 Å². The fourth-order valence-electron chi connectivity index (χ4n) is 2.91. The number of ether oxygens (including phenoxy) is 1. The minimum absolute atomic E-state index is 0.165. The van der Waals surface area contributed by atoms with Crippen LogP contribution in [0.3, 0.4) is 0 Å². The Bertz CT molecular complexity index is 918. The Balaban J connectivity index is 1.93. The van der Waals surface area contributed by atoms with Crippen molar-refractivity contribution in [2.24, 2.45) is 5.10 Å². The maximum atomic E-state index is 13.8. The van der Waals surface area contributed by atoms with Gasteiger partial charge in [0.15, 0.2) is 0 Å². The Morgan fingerprint density at radius 1 is 1.34 bits per heavy atom. The van der Waals surface area contributed by atoms with Gasteiger partial charge in [0.2, 0.25) is 5.91 Å². The Morgan fingerprint density at radius 2 is 2.10 bits per heavy atom. The van der Waals surface area contributed by atoms with Crippen LogP contribution in [0.25, 0.3) is 0 Å². The zero-order chi connectivity index (χ0) is 20.8. The number of rotatable bonds is 7. The first-order chi connectivity index (χ1) is 14.0. The van der Waals surface area contributed by atoms with E-state index in [2.05, 4.69) is 10.4 Å². The standard InChI is InChI=1S/C21H21ClFN3O3/c1-29-13-17(12-27)24-21(28)20-10-9-19(14-5-7-15(22)8-6-14)25-26(20)18-4-2-3-16(23)11-18/h2-11,17,20,27H,12-13H2,1H3,(H,24,28)/t17-,20?/m0/s1. The smallest absolute Gasteiger partial charge is 0.249 e. The van der Waals surface area contributed by atoms with Gasteiger partial charge in [0.05, 0.1) is 30.7 Å². The Kier molecular flexibility index (Phi) is 6.98. The van der Waals surface area contributed by atoms with Crippen LogP contribution in [-0.4, -0.2) is 49.1 Å². The summed E-state index contributed by atoms with van der Waals surface area (Å²) < 4.78 is 18.8. The molecule has 2 N–H and O–H groups in total. The molecule has 0 radical (unpaired) electrons. The van der Waals surface area contributed by atoms with Crippen LogP contribution in [-0.2, 0) is 9.53 Å². The van der Waals surface area contributed by atoms with Gasteiger partial charge in [0, 0.05) is 17.7 Å². The molecule has 152 valence electrons. The Morgan fingerprint density at radius 3 is 2.76 bits per heavy atom. The average molecular weight is 418 g/mol. The average Bonchev–Trinajstić information content (AvgIpc) is 2.73. The van der Waals surface area contributed by atoms with Crippen LogP contribution in [0, 0.1) is 5.82 Å². The lowest BCUT2D eigenvalue weighted by atomic mass is 10.1. The molecule has 0 spiro atoms. The second kappa shape index (κ2) is 9.65. The van der Waals surface area contributed by atoms with E-state index in [-0.39, 0.29) is 19.1 Å². The largest absolute Gasteiger partial charge is 0.394 e.